The first-order chi connectivity index (χ1) is 13.3. The number of primary amides is 1. The number of nitrogens with one attached hydrogen (secondary N) is 1. The summed E-state index contributed by atoms with van der Waals surface area (Å²) in [6.45, 7) is 5.33. The lowest BCUT2D eigenvalue weighted by molar-refractivity contribution is -0.141. The van der Waals surface area contributed by atoms with E-state index < -0.39 is 30.7 Å². The summed E-state index contributed by atoms with van der Waals surface area (Å²) < 4.78 is 0. The number of nitrogens with zero attached hydrogens (tertiary/aromatic N) is 4. The molecular weight excluding hydrogens is 360 g/mol. The van der Waals surface area contributed by atoms with Gasteiger partial charge >= 0.3 is 6.03 Å². The minimum absolute atomic E-state index is 0.197. The zero-order valence-corrected chi connectivity index (χ0v) is 16.4. The fourth-order valence-electron chi connectivity index (χ4n) is 4.60. The van der Waals surface area contributed by atoms with Crippen LogP contribution in [0.2, 0.25) is 0 Å². The number of rotatable bonds is 3. The predicted octanol–water partition coefficient (Wildman–Crippen LogP) is -0.224. The van der Waals surface area contributed by atoms with Gasteiger partial charge < -0.3 is 15.5 Å². The first kappa shape index (κ1) is 18.7. The van der Waals surface area contributed by atoms with Gasteiger partial charge in [-0.05, 0) is 43.5 Å². The van der Waals surface area contributed by atoms with E-state index in [0.29, 0.717) is 0 Å². The van der Waals surface area contributed by atoms with E-state index in [1.54, 1.807) is 7.05 Å². The Labute approximate surface area is 164 Å². The zero-order chi connectivity index (χ0) is 20.2. The third-order valence-corrected chi connectivity index (χ3v) is 5.72. The molecule has 4 rings (SSSR count). The number of carbonyl (C=O) groups excluding carboxylic acids is 3. The molecule has 3 atom stereocenters. The minimum Gasteiger partial charge on any atom is -0.368 e. The van der Waals surface area contributed by atoms with Gasteiger partial charge in [0, 0.05) is 25.8 Å². The smallest absolute Gasteiger partial charge is 0.328 e. The van der Waals surface area contributed by atoms with Crippen LogP contribution in [-0.2, 0) is 9.59 Å². The van der Waals surface area contributed by atoms with Crippen LogP contribution in [0.1, 0.15) is 17.5 Å². The van der Waals surface area contributed by atoms with E-state index in [0.717, 1.165) is 30.1 Å². The molecule has 9 nitrogen and oxygen atoms in total. The number of urea groups is 1. The number of anilines is 1. The highest BCUT2D eigenvalue weighted by Gasteiger charge is 2.56. The lowest BCUT2D eigenvalue weighted by atomic mass is 10.1. The van der Waals surface area contributed by atoms with E-state index in [1.165, 1.54) is 16.0 Å². The van der Waals surface area contributed by atoms with Crippen LogP contribution in [0.4, 0.5) is 10.5 Å². The van der Waals surface area contributed by atoms with Gasteiger partial charge in [0.05, 0.1) is 0 Å². The fourth-order valence-corrected chi connectivity index (χ4v) is 4.60. The molecule has 28 heavy (non-hydrogen) atoms. The second-order valence-corrected chi connectivity index (χ2v) is 7.84. The lowest BCUT2D eigenvalue weighted by Gasteiger charge is -2.43. The van der Waals surface area contributed by atoms with Crippen molar-refractivity contribution in [2.24, 2.45) is 5.73 Å². The van der Waals surface area contributed by atoms with Crippen molar-refractivity contribution in [1.82, 2.24) is 20.0 Å². The minimum atomic E-state index is -0.702. The van der Waals surface area contributed by atoms with Crippen molar-refractivity contribution in [2.75, 3.05) is 31.6 Å². The van der Waals surface area contributed by atoms with Crippen LogP contribution >= 0.6 is 0 Å². The Balaban J connectivity index is 1.67. The van der Waals surface area contributed by atoms with Gasteiger partial charge in [0.15, 0.2) is 0 Å². The van der Waals surface area contributed by atoms with Gasteiger partial charge in [0.2, 0.25) is 5.91 Å². The van der Waals surface area contributed by atoms with Gasteiger partial charge in [0.25, 0.3) is 5.91 Å². The second kappa shape index (κ2) is 6.75. The first-order valence-corrected chi connectivity index (χ1v) is 9.51. The summed E-state index contributed by atoms with van der Waals surface area (Å²) in [5.41, 5.74) is 8.70. The van der Waals surface area contributed by atoms with E-state index in [2.05, 4.69) is 47.2 Å². The molecule has 0 aliphatic carbocycles. The highest BCUT2D eigenvalue weighted by Crippen LogP contribution is 2.33. The van der Waals surface area contributed by atoms with Crippen LogP contribution in [0.3, 0.4) is 0 Å². The molecule has 1 aromatic rings. The predicted molar refractivity (Wildman–Crippen MR) is 103 cm³/mol. The van der Waals surface area contributed by atoms with Crippen molar-refractivity contribution >= 4 is 23.5 Å². The Morgan fingerprint density at radius 2 is 1.86 bits per heavy atom. The summed E-state index contributed by atoms with van der Waals surface area (Å²) >= 11 is 0. The van der Waals surface area contributed by atoms with Crippen LogP contribution in [-0.4, -0.2) is 77.7 Å². The monoisotopic (exact) mass is 386 g/mol. The van der Waals surface area contributed by atoms with Crippen molar-refractivity contribution in [1.29, 1.82) is 0 Å². The number of hydrogen-bond donors (Lipinski definition) is 2. The number of imide groups is 1. The third-order valence-electron chi connectivity index (χ3n) is 5.72. The van der Waals surface area contributed by atoms with Crippen molar-refractivity contribution in [2.45, 2.75) is 38.8 Å². The lowest BCUT2D eigenvalue weighted by Crippen LogP contribution is -2.67. The fraction of sp³-hybridized carbons (Fsp3) is 0.526. The van der Waals surface area contributed by atoms with E-state index in [-0.39, 0.29) is 12.2 Å². The third kappa shape index (κ3) is 2.91. The number of nitrogens with two attached hydrogens (primary N) is 1. The van der Waals surface area contributed by atoms with E-state index >= 15 is 0 Å². The number of amides is 4. The van der Waals surface area contributed by atoms with Crippen molar-refractivity contribution in [3.63, 3.8) is 0 Å². The van der Waals surface area contributed by atoms with Crippen molar-refractivity contribution in [3.05, 3.63) is 29.3 Å². The maximum Gasteiger partial charge on any atom is 0.328 e. The Morgan fingerprint density at radius 3 is 2.50 bits per heavy atom. The summed E-state index contributed by atoms with van der Waals surface area (Å²) in [7, 11) is 1.65. The Morgan fingerprint density at radius 1 is 1.18 bits per heavy atom. The summed E-state index contributed by atoms with van der Waals surface area (Å²) in [5.74, 6) is -1.07. The zero-order valence-electron chi connectivity index (χ0n) is 16.4. The largest absolute Gasteiger partial charge is 0.368 e. The quantitative estimate of drug-likeness (QED) is 0.745. The van der Waals surface area contributed by atoms with E-state index in [4.69, 9.17) is 5.73 Å². The number of likely N-dealkylation sites (N-methyl/N-ethyl adjacent to an activating group) is 1. The number of fused-ring (bicyclic) bond motifs is 3. The Kier molecular flexibility index (Phi) is 4.51. The number of benzene rings is 1. The molecular formula is C19H26N6O3. The average molecular weight is 386 g/mol. The Hall–Kier alpha value is -2.65. The summed E-state index contributed by atoms with van der Waals surface area (Å²) in [6, 6.07) is 5.35. The maximum atomic E-state index is 13.1. The van der Waals surface area contributed by atoms with Crippen molar-refractivity contribution in [3.8, 4) is 0 Å². The van der Waals surface area contributed by atoms with Crippen LogP contribution in [0.5, 0.6) is 0 Å². The molecule has 4 amide bonds. The van der Waals surface area contributed by atoms with Crippen LogP contribution in [0.25, 0.3) is 0 Å². The van der Waals surface area contributed by atoms with Gasteiger partial charge in [-0.15, -0.1) is 0 Å². The molecule has 0 saturated carbocycles. The summed E-state index contributed by atoms with van der Waals surface area (Å²) in [6.07, 6.45) is 0.258. The average Bonchev–Trinajstić information content (AvgIpc) is 3.02. The number of hydrogen-bond acceptors (Lipinski definition) is 6. The standard InChI is InChI=1S/C19H26N6O3/c1-11-7-12(2)9-13(8-11)23-5-4-6-24-15-16(21-18(23)24)22(3)19(28)25(17(15)27)10-14(20)26/h7-9,15-16,18,21H,4-6,10H2,1-3H3,(H2,20,26). The van der Waals surface area contributed by atoms with Gasteiger partial charge in [-0.3, -0.25) is 24.7 Å². The van der Waals surface area contributed by atoms with Crippen LogP contribution in [0.15, 0.2) is 18.2 Å². The molecule has 3 N–H and O–H groups in total. The first-order valence-electron chi connectivity index (χ1n) is 9.51. The number of aryl methyl sites for hydroxylation is 2. The highest BCUT2D eigenvalue weighted by molar-refractivity contribution is 6.03. The molecule has 3 aliphatic heterocycles. The van der Waals surface area contributed by atoms with E-state index in [1.807, 2.05) is 0 Å². The van der Waals surface area contributed by atoms with Crippen LogP contribution in [0, 0.1) is 13.8 Å². The van der Waals surface area contributed by atoms with Gasteiger partial charge in [-0.25, -0.2) is 4.79 Å². The van der Waals surface area contributed by atoms with Crippen LogP contribution < -0.4 is 16.0 Å². The van der Waals surface area contributed by atoms with Gasteiger partial charge in [-0.1, -0.05) is 6.07 Å². The van der Waals surface area contributed by atoms with Gasteiger partial charge in [0.1, 0.15) is 25.0 Å². The molecule has 3 fully saturated rings. The molecule has 9 heteroatoms. The number of carbonyl (C=O) groups is 3. The molecule has 3 unspecified atom stereocenters. The normalized spacial score (nSPS) is 27.8. The topological polar surface area (TPSA) is 102 Å². The molecule has 150 valence electrons. The summed E-state index contributed by atoms with van der Waals surface area (Å²) in [4.78, 5) is 43.8. The van der Waals surface area contributed by atoms with E-state index in [9.17, 15) is 14.4 Å². The Bertz CT molecular complexity index is 823. The molecule has 3 aliphatic rings. The molecule has 0 spiro atoms. The second-order valence-electron chi connectivity index (χ2n) is 7.84. The van der Waals surface area contributed by atoms with Gasteiger partial charge in [-0.2, -0.15) is 0 Å². The molecule has 1 aromatic carbocycles. The molecule has 3 saturated heterocycles. The molecule has 0 radical (unpaired) electrons. The maximum absolute atomic E-state index is 13.1. The highest BCUT2D eigenvalue weighted by atomic mass is 16.2. The van der Waals surface area contributed by atoms with Crippen molar-refractivity contribution < 1.29 is 14.4 Å². The SMILES string of the molecule is Cc1cc(C)cc(N2CCCN3C4C(=O)N(CC(N)=O)C(=O)N(C)C4NC23)c1. The molecule has 3 heterocycles. The molecule has 0 bridgehead atoms. The summed E-state index contributed by atoms with van der Waals surface area (Å²) in [5, 5.41) is 3.46. The molecule has 0 aromatic heterocycles.